The Morgan fingerprint density at radius 3 is 2.47 bits per heavy atom. The summed E-state index contributed by atoms with van der Waals surface area (Å²) in [4.78, 5) is 13.9. The van der Waals surface area contributed by atoms with Crippen molar-refractivity contribution < 1.29 is 4.79 Å². The van der Waals surface area contributed by atoms with Gasteiger partial charge in [-0.3, -0.25) is 4.79 Å². The third-order valence-electron chi connectivity index (χ3n) is 3.16. The number of unbranched alkanes of at least 4 members (excludes halogenated alkanes) is 1. The predicted molar refractivity (Wildman–Crippen MR) is 62.5 cm³/mol. The number of carbonyl (C=O) groups excluding carboxylic acids is 1. The van der Waals surface area contributed by atoms with Crippen molar-refractivity contribution in [3.63, 3.8) is 0 Å². The second-order valence-corrected chi connectivity index (χ2v) is 5.10. The second-order valence-electron chi connectivity index (χ2n) is 5.10. The molecular formula is C12H24N2O. The molecule has 1 heterocycles. The maximum atomic E-state index is 12.0. The smallest absolute Gasteiger partial charge is 0.225 e. The lowest BCUT2D eigenvalue weighted by atomic mass is 9.89. The summed E-state index contributed by atoms with van der Waals surface area (Å²) in [6, 6.07) is 0. The van der Waals surface area contributed by atoms with Crippen LogP contribution < -0.4 is 5.73 Å². The molecule has 1 fully saturated rings. The van der Waals surface area contributed by atoms with Crippen molar-refractivity contribution in [2.24, 2.45) is 11.7 Å². The van der Waals surface area contributed by atoms with E-state index in [-0.39, 0.29) is 11.5 Å². The van der Waals surface area contributed by atoms with Crippen LogP contribution in [-0.2, 0) is 4.79 Å². The Bertz CT molecular complexity index is 218. The molecular weight excluding hydrogens is 188 g/mol. The van der Waals surface area contributed by atoms with Crippen LogP contribution in [0.25, 0.3) is 0 Å². The van der Waals surface area contributed by atoms with Gasteiger partial charge in [-0.2, -0.15) is 0 Å². The van der Waals surface area contributed by atoms with Gasteiger partial charge in [0.1, 0.15) is 0 Å². The van der Waals surface area contributed by atoms with E-state index < -0.39 is 0 Å². The molecule has 0 saturated carbocycles. The number of carbonyl (C=O) groups is 1. The van der Waals surface area contributed by atoms with Gasteiger partial charge in [-0.15, -0.1) is 0 Å². The van der Waals surface area contributed by atoms with Crippen molar-refractivity contribution >= 4 is 5.91 Å². The zero-order chi connectivity index (χ0) is 11.5. The third-order valence-corrected chi connectivity index (χ3v) is 3.16. The summed E-state index contributed by atoms with van der Waals surface area (Å²) < 4.78 is 0. The van der Waals surface area contributed by atoms with E-state index in [1.807, 2.05) is 11.8 Å². The maximum absolute atomic E-state index is 12.0. The fourth-order valence-corrected chi connectivity index (χ4v) is 2.19. The van der Waals surface area contributed by atoms with E-state index in [1.165, 1.54) is 6.42 Å². The van der Waals surface area contributed by atoms with Gasteiger partial charge in [0.25, 0.3) is 0 Å². The molecule has 1 rings (SSSR count). The lowest BCUT2D eigenvalue weighted by Gasteiger charge is -2.46. The first-order chi connectivity index (χ1) is 7.00. The normalized spacial score (nSPS) is 20.9. The van der Waals surface area contributed by atoms with E-state index >= 15 is 0 Å². The van der Waals surface area contributed by atoms with E-state index in [0.29, 0.717) is 5.91 Å². The van der Waals surface area contributed by atoms with E-state index in [2.05, 4.69) is 13.8 Å². The first-order valence-electron chi connectivity index (χ1n) is 6.08. The summed E-state index contributed by atoms with van der Waals surface area (Å²) in [5.74, 6) is 0.537. The molecule has 0 aromatic rings. The highest BCUT2D eigenvalue weighted by molar-refractivity contribution is 5.80. The molecule has 1 atom stereocenters. The molecule has 0 aromatic heterocycles. The second kappa shape index (κ2) is 4.97. The highest BCUT2D eigenvalue weighted by atomic mass is 16.2. The summed E-state index contributed by atoms with van der Waals surface area (Å²) in [6.45, 7) is 7.73. The third kappa shape index (κ3) is 3.20. The average Bonchev–Trinajstić information content (AvgIpc) is 2.15. The Kier molecular flexibility index (Phi) is 4.14. The van der Waals surface area contributed by atoms with Crippen molar-refractivity contribution in [3.8, 4) is 0 Å². The summed E-state index contributed by atoms with van der Waals surface area (Å²) in [5, 5.41) is 0. The summed E-state index contributed by atoms with van der Waals surface area (Å²) in [7, 11) is 0. The molecule has 0 radical (unpaired) electrons. The molecule has 15 heavy (non-hydrogen) atoms. The number of nitrogens with two attached hydrogens (primary N) is 1. The van der Waals surface area contributed by atoms with Crippen molar-refractivity contribution in [2.45, 2.75) is 52.0 Å². The number of rotatable bonds is 5. The fourth-order valence-electron chi connectivity index (χ4n) is 2.19. The Labute approximate surface area is 93.0 Å². The molecule has 0 aliphatic carbocycles. The molecule has 3 heteroatoms. The van der Waals surface area contributed by atoms with Gasteiger partial charge in [-0.05, 0) is 19.8 Å². The summed E-state index contributed by atoms with van der Waals surface area (Å²) in [6.07, 6.45) is 4.30. The maximum Gasteiger partial charge on any atom is 0.225 e. The van der Waals surface area contributed by atoms with Gasteiger partial charge in [0.2, 0.25) is 5.91 Å². The number of nitrogens with zero attached hydrogens (tertiary/aromatic N) is 1. The molecule has 0 spiro atoms. The molecule has 1 saturated heterocycles. The summed E-state index contributed by atoms with van der Waals surface area (Å²) >= 11 is 0. The van der Waals surface area contributed by atoms with Crippen LogP contribution >= 0.6 is 0 Å². The van der Waals surface area contributed by atoms with Crippen molar-refractivity contribution in [1.82, 2.24) is 4.90 Å². The zero-order valence-electron chi connectivity index (χ0n) is 10.3. The standard InChI is InChI=1S/C12H24N2O/c1-4-6-7-10(5-2)11(15)14-8-12(3,13)9-14/h10H,4-9,13H2,1-3H3. The van der Waals surface area contributed by atoms with Crippen LogP contribution in [0.5, 0.6) is 0 Å². The lowest BCUT2D eigenvalue weighted by molar-refractivity contribution is -0.143. The minimum atomic E-state index is -0.140. The molecule has 1 unspecified atom stereocenters. The minimum absolute atomic E-state index is 0.140. The zero-order valence-corrected chi connectivity index (χ0v) is 10.3. The topological polar surface area (TPSA) is 46.3 Å². The van der Waals surface area contributed by atoms with Gasteiger partial charge in [0.15, 0.2) is 0 Å². The Morgan fingerprint density at radius 2 is 2.07 bits per heavy atom. The van der Waals surface area contributed by atoms with Crippen LogP contribution in [0, 0.1) is 5.92 Å². The molecule has 1 aliphatic rings. The average molecular weight is 212 g/mol. The van der Waals surface area contributed by atoms with Crippen molar-refractivity contribution in [2.75, 3.05) is 13.1 Å². The highest BCUT2D eigenvalue weighted by Crippen LogP contribution is 2.23. The number of likely N-dealkylation sites (tertiary alicyclic amines) is 1. The molecule has 0 aromatic carbocycles. The molecule has 88 valence electrons. The van der Waals surface area contributed by atoms with E-state index in [1.54, 1.807) is 0 Å². The van der Waals surface area contributed by atoms with Crippen LogP contribution in [0.1, 0.15) is 46.5 Å². The largest absolute Gasteiger partial charge is 0.339 e. The van der Waals surface area contributed by atoms with Gasteiger partial charge in [-0.1, -0.05) is 26.7 Å². The van der Waals surface area contributed by atoms with Crippen LogP contribution in [0.3, 0.4) is 0 Å². The van der Waals surface area contributed by atoms with Gasteiger partial charge in [0, 0.05) is 24.5 Å². The first kappa shape index (κ1) is 12.5. The van der Waals surface area contributed by atoms with Gasteiger partial charge >= 0.3 is 0 Å². The number of hydrogen-bond acceptors (Lipinski definition) is 2. The quantitative estimate of drug-likeness (QED) is 0.755. The summed E-state index contributed by atoms with van der Waals surface area (Å²) in [5.41, 5.74) is 5.76. The van der Waals surface area contributed by atoms with Gasteiger partial charge in [-0.25, -0.2) is 0 Å². The molecule has 1 amide bonds. The van der Waals surface area contributed by atoms with Gasteiger partial charge < -0.3 is 10.6 Å². The van der Waals surface area contributed by atoms with Crippen LogP contribution in [0.2, 0.25) is 0 Å². The first-order valence-corrected chi connectivity index (χ1v) is 6.08. The predicted octanol–water partition coefficient (Wildman–Crippen LogP) is 1.76. The fraction of sp³-hybridized carbons (Fsp3) is 0.917. The van der Waals surface area contributed by atoms with Crippen molar-refractivity contribution in [3.05, 3.63) is 0 Å². The van der Waals surface area contributed by atoms with E-state index in [0.717, 1.165) is 32.4 Å². The van der Waals surface area contributed by atoms with Crippen molar-refractivity contribution in [1.29, 1.82) is 0 Å². The number of amides is 1. The molecule has 2 N–H and O–H groups in total. The molecule has 0 bridgehead atoms. The Morgan fingerprint density at radius 1 is 1.47 bits per heavy atom. The van der Waals surface area contributed by atoms with Gasteiger partial charge in [0.05, 0.1) is 0 Å². The van der Waals surface area contributed by atoms with Crippen LogP contribution in [0.15, 0.2) is 0 Å². The van der Waals surface area contributed by atoms with E-state index in [9.17, 15) is 4.79 Å². The molecule has 1 aliphatic heterocycles. The monoisotopic (exact) mass is 212 g/mol. The SMILES string of the molecule is CCCCC(CC)C(=O)N1CC(C)(N)C1. The highest BCUT2D eigenvalue weighted by Gasteiger charge is 2.39. The van der Waals surface area contributed by atoms with Crippen LogP contribution in [-0.4, -0.2) is 29.4 Å². The van der Waals surface area contributed by atoms with Crippen LogP contribution in [0.4, 0.5) is 0 Å². The Balaban J connectivity index is 2.38. The lowest BCUT2D eigenvalue weighted by Crippen LogP contribution is -2.67. The molecule has 3 nitrogen and oxygen atoms in total. The van der Waals surface area contributed by atoms with E-state index in [4.69, 9.17) is 5.73 Å². The number of hydrogen-bond donors (Lipinski definition) is 1. The Hall–Kier alpha value is -0.570. The minimum Gasteiger partial charge on any atom is -0.339 e.